The molecular formula is C15H26BrN3. The second-order valence-corrected chi connectivity index (χ2v) is 7.40. The predicted molar refractivity (Wildman–Crippen MR) is 83.3 cm³/mol. The zero-order valence-electron chi connectivity index (χ0n) is 12.8. The standard InChI is InChI=1S/C15H26BrN3/c1-10(2)17-9-15(4,12-6-7-12)8-13-14(16)11(3)18-19(13)5/h10,12,17H,6-9H2,1-5H3. The zero-order valence-corrected chi connectivity index (χ0v) is 14.3. The molecule has 4 heteroatoms. The van der Waals surface area contributed by atoms with Crippen molar-refractivity contribution in [2.24, 2.45) is 18.4 Å². The molecule has 0 amide bonds. The first-order valence-corrected chi connectivity index (χ1v) is 8.04. The first-order valence-electron chi connectivity index (χ1n) is 7.25. The third kappa shape index (κ3) is 3.40. The molecule has 1 heterocycles. The van der Waals surface area contributed by atoms with Gasteiger partial charge in [-0.1, -0.05) is 20.8 Å². The van der Waals surface area contributed by atoms with Gasteiger partial charge in [-0.2, -0.15) is 5.10 Å². The molecule has 0 spiro atoms. The van der Waals surface area contributed by atoms with Gasteiger partial charge in [-0.3, -0.25) is 4.68 Å². The number of aryl methyl sites for hydroxylation is 2. The first kappa shape index (κ1) is 15.0. The lowest BCUT2D eigenvalue weighted by atomic mass is 9.80. The Hall–Kier alpha value is -0.350. The molecule has 1 aromatic rings. The van der Waals surface area contributed by atoms with E-state index in [1.165, 1.54) is 23.0 Å². The van der Waals surface area contributed by atoms with Crippen molar-refractivity contribution in [3.8, 4) is 0 Å². The Morgan fingerprint density at radius 3 is 2.53 bits per heavy atom. The Labute approximate surface area is 125 Å². The zero-order chi connectivity index (χ0) is 14.2. The van der Waals surface area contributed by atoms with Crippen LogP contribution in [0.3, 0.4) is 0 Å². The molecule has 2 rings (SSSR count). The monoisotopic (exact) mass is 327 g/mol. The SMILES string of the molecule is Cc1nn(C)c(CC(C)(CNC(C)C)C2CC2)c1Br. The highest BCUT2D eigenvalue weighted by molar-refractivity contribution is 9.10. The molecule has 1 N–H and O–H groups in total. The Morgan fingerprint density at radius 1 is 1.47 bits per heavy atom. The summed E-state index contributed by atoms with van der Waals surface area (Å²) in [5.74, 6) is 0.862. The quantitative estimate of drug-likeness (QED) is 0.867. The molecule has 1 aromatic heterocycles. The number of hydrogen-bond donors (Lipinski definition) is 1. The summed E-state index contributed by atoms with van der Waals surface area (Å²) in [7, 11) is 2.05. The molecule has 1 atom stereocenters. The predicted octanol–water partition coefficient (Wildman–Crippen LogP) is 3.45. The minimum Gasteiger partial charge on any atom is -0.314 e. The minimum atomic E-state index is 0.340. The van der Waals surface area contributed by atoms with E-state index in [-0.39, 0.29) is 0 Å². The highest BCUT2D eigenvalue weighted by atomic mass is 79.9. The molecule has 19 heavy (non-hydrogen) atoms. The second kappa shape index (κ2) is 5.57. The average molecular weight is 328 g/mol. The van der Waals surface area contributed by atoms with Gasteiger partial charge in [0.2, 0.25) is 0 Å². The third-order valence-electron chi connectivity index (χ3n) is 4.31. The summed E-state index contributed by atoms with van der Waals surface area (Å²) in [6.45, 7) is 10.0. The molecule has 1 unspecified atom stereocenters. The maximum atomic E-state index is 4.52. The van der Waals surface area contributed by atoms with Gasteiger partial charge in [0, 0.05) is 19.6 Å². The van der Waals surface area contributed by atoms with E-state index in [9.17, 15) is 0 Å². The second-order valence-electron chi connectivity index (χ2n) is 6.61. The van der Waals surface area contributed by atoms with E-state index in [4.69, 9.17) is 0 Å². The number of nitrogens with zero attached hydrogens (tertiary/aromatic N) is 2. The van der Waals surface area contributed by atoms with Crippen LogP contribution in [0.15, 0.2) is 4.47 Å². The lowest BCUT2D eigenvalue weighted by molar-refractivity contribution is 0.243. The van der Waals surface area contributed by atoms with Crippen LogP contribution in [0.4, 0.5) is 0 Å². The fraction of sp³-hybridized carbons (Fsp3) is 0.800. The fourth-order valence-electron chi connectivity index (χ4n) is 2.82. The Bertz CT molecular complexity index is 448. The van der Waals surface area contributed by atoms with Gasteiger partial charge in [0.05, 0.1) is 15.9 Å². The highest BCUT2D eigenvalue weighted by Gasteiger charge is 2.42. The van der Waals surface area contributed by atoms with Crippen LogP contribution in [-0.4, -0.2) is 22.4 Å². The number of nitrogens with one attached hydrogen (secondary N) is 1. The average Bonchev–Trinajstić information content (AvgIpc) is 3.13. The smallest absolute Gasteiger partial charge is 0.0738 e. The number of aromatic nitrogens is 2. The molecule has 0 bridgehead atoms. The van der Waals surface area contributed by atoms with Crippen molar-refractivity contribution in [2.45, 2.75) is 53.0 Å². The van der Waals surface area contributed by atoms with Crippen molar-refractivity contribution in [1.29, 1.82) is 0 Å². The maximum Gasteiger partial charge on any atom is 0.0738 e. The van der Waals surface area contributed by atoms with Gasteiger partial charge in [-0.15, -0.1) is 0 Å². The number of rotatable bonds is 6. The van der Waals surface area contributed by atoms with Gasteiger partial charge in [-0.05, 0) is 53.4 Å². The largest absolute Gasteiger partial charge is 0.314 e. The van der Waals surface area contributed by atoms with Crippen LogP contribution in [0.5, 0.6) is 0 Å². The molecule has 3 nitrogen and oxygen atoms in total. The van der Waals surface area contributed by atoms with Crippen molar-refractivity contribution in [3.05, 3.63) is 15.9 Å². The lowest BCUT2D eigenvalue weighted by Gasteiger charge is -2.31. The summed E-state index contributed by atoms with van der Waals surface area (Å²) in [5, 5.41) is 8.15. The highest BCUT2D eigenvalue weighted by Crippen LogP contribution is 2.47. The van der Waals surface area contributed by atoms with Gasteiger partial charge >= 0.3 is 0 Å². The van der Waals surface area contributed by atoms with E-state index in [2.05, 4.69) is 61.1 Å². The van der Waals surface area contributed by atoms with E-state index in [1.54, 1.807) is 0 Å². The summed E-state index contributed by atoms with van der Waals surface area (Å²) in [5.41, 5.74) is 2.76. The van der Waals surface area contributed by atoms with Crippen LogP contribution < -0.4 is 5.32 Å². The topological polar surface area (TPSA) is 29.9 Å². The lowest BCUT2D eigenvalue weighted by Crippen LogP contribution is -2.39. The molecule has 0 aromatic carbocycles. The van der Waals surface area contributed by atoms with Crippen LogP contribution in [0.1, 0.15) is 45.0 Å². The normalized spacial score (nSPS) is 18.9. The Kier molecular flexibility index (Phi) is 4.41. The van der Waals surface area contributed by atoms with Crippen molar-refractivity contribution >= 4 is 15.9 Å². The van der Waals surface area contributed by atoms with Crippen LogP contribution in [0.2, 0.25) is 0 Å². The number of halogens is 1. The molecule has 0 radical (unpaired) electrons. The van der Waals surface area contributed by atoms with E-state index < -0.39 is 0 Å². The summed E-state index contributed by atoms with van der Waals surface area (Å²) >= 11 is 3.70. The summed E-state index contributed by atoms with van der Waals surface area (Å²) in [4.78, 5) is 0. The molecular weight excluding hydrogens is 302 g/mol. The van der Waals surface area contributed by atoms with Gasteiger partial charge in [0.1, 0.15) is 0 Å². The van der Waals surface area contributed by atoms with Crippen molar-refractivity contribution in [1.82, 2.24) is 15.1 Å². The summed E-state index contributed by atoms with van der Waals surface area (Å²) in [6, 6.07) is 0.551. The summed E-state index contributed by atoms with van der Waals surface area (Å²) in [6.07, 6.45) is 3.85. The minimum absolute atomic E-state index is 0.340. The van der Waals surface area contributed by atoms with Gasteiger partial charge in [-0.25, -0.2) is 0 Å². The van der Waals surface area contributed by atoms with Gasteiger partial charge < -0.3 is 5.32 Å². The van der Waals surface area contributed by atoms with E-state index in [0.29, 0.717) is 11.5 Å². The summed E-state index contributed by atoms with van der Waals surface area (Å²) < 4.78 is 3.22. The van der Waals surface area contributed by atoms with E-state index >= 15 is 0 Å². The third-order valence-corrected chi connectivity index (χ3v) is 5.34. The fourth-order valence-corrected chi connectivity index (χ4v) is 3.30. The Morgan fingerprint density at radius 2 is 2.11 bits per heavy atom. The van der Waals surface area contributed by atoms with Crippen molar-refractivity contribution < 1.29 is 0 Å². The maximum absolute atomic E-state index is 4.52. The molecule has 1 fully saturated rings. The molecule has 1 aliphatic rings. The first-order chi connectivity index (χ1) is 8.83. The van der Waals surface area contributed by atoms with Gasteiger partial charge in [0.15, 0.2) is 0 Å². The molecule has 108 valence electrons. The van der Waals surface area contributed by atoms with E-state index in [0.717, 1.165) is 24.6 Å². The number of hydrogen-bond acceptors (Lipinski definition) is 2. The van der Waals surface area contributed by atoms with Gasteiger partial charge in [0.25, 0.3) is 0 Å². The van der Waals surface area contributed by atoms with Crippen LogP contribution in [0.25, 0.3) is 0 Å². The van der Waals surface area contributed by atoms with Crippen molar-refractivity contribution in [3.63, 3.8) is 0 Å². The molecule has 1 aliphatic carbocycles. The molecule has 0 saturated heterocycles. The molecule has 1 saturated carbocycles. The van der Waals surface area contributed by atoms with Crippen LogP contribution in [-0.2, 0) is 13.5 Å². The van der Waals surface area contributed by atoms with Crippen LogP contribution >= 0.6 is 15.9 Å². The van der Waals surface area contributed by atoms with E-state index in [1.807, 2.05) is 4.68 Å². The molecule has 0 aliphatic heterocycles. The van der Waals surface area contributed by atoms with Crippen molar-refractivity contribution in [2.75, 3.05) is 6.54 Å². The van der Waals surface area contributed by atoms with Crippen LogP contribution in [0, 0.1) is 18.3 Å². The Balaban J connectivity index is 2.16.